The van der Waals surface area contributed by atoms with Crippen LogP contribution in [-0.2, 0) is 23.6 Å². The highest BCUT2D eigenvalue weighted by Gasteiger charge is 2.22. The predicted octanol–water partition coefficient (Wildman–Crippen LogP) is 4.25. The lowest BCUT2D eigenvalue weighted by atomic mass is 10.1. The van der Waals surface area contributed by atoms with E-state index in [1.807, 2.05) is 24.3 Å². The summed E-state index contributed by atoms with van der Waals surface area (Å²) < 4.78 is 22.2. The number of aryl methyl sites for hydroxylation is 2. The van der Waals surface area contributed by atoms with Crippen LogP contribution in [0.25, 0.3) is 0 Å². The minimum absolute atomic E-state index is 0.00807. The minimum atomic E-state index is -1.73. The van der Waals surface area contributed by atoms with Crippen LogP contribution in [0.1, 0.15) is 16.7 Å². The Balaban J connectivity index is 1.80. The van der Waals surface area contributed by atoms with Crippen molar-refractivity contribution < 1.29 is 23.4 Å². The predicted molar refractivity (Wildman–Crippen MR) is 120 cm³/mol. The maximum atomic E-state index is 9.49. The summed E-state index contributed by atoms with van der Waals surface area (Å²) >= 11 is 0. The molecule has 0 aromatic heterocycles. The number of rotatable bonds is 12. The van der Waals surface area contributed by atoms with Crippen molar-refractivity contribution in [3.63, 3.8) is 0 Å². The third kappa shape index (κ3) is 7.19. The molecule has 29 heavy (non-hydrogen) atoms. The van der Waals surface area contributed by atoms with Gasteiger partial charge in [-0.1, -0.05) is 12.1 Å². The largest absolute Gasteiger partial charge is 0.496 e. The molecule has 7 heteroatoms. The van der Waals surface area contributed by atoms with Crippen LogP contribution in [0.4, 0.5) is 0 Å². The lowest BCUT2D eigenvalue weighted by Gasteiger charge is -2.23. The zero-order valence-corrected chi connectivity index (χ0v) is 20.1. The summed E-state index contributed by atoms with van der Waals surface area (Å²) in [6.45, 7) is 4.53. The molecule has 0 bridgehead atoms. The third-order valence-electron chi connectivity index (χ3n) is 4.84. The molecular weight excluding hydrogens is 400 g/mol. The van der Waals surface area contributed by atoms with Gasteiger partial charge in [0.2, 0.25) is 9.76 Å². The van der Waals surface area contributed by atoms with Crippen LogP contribution in [-0.4, -0.2) is 44.5 Å². The Bertz CT molecular complexity index is 780. The van der Waals surface area contributed by atoms with Crippen molar-refractivity contribution in [2.45, 2.75) is 44.6 Å². The second-order valence-electron chi connectivity index (χ2n) is 7.50. The van der Waals surface area contributed by atoms with E-state index in [4.69, 9.17) is 18.3 Å². The van der Waals surface area contributed by atoms with Crippen LogP contribution < -0.4 is 14.2 Å². The SMILES string of the molecule is COc1ccc(CC[Si](C)(C)O[Si]CCc2ccc(OC)c(OC)c2)cc1CO. The first-order valence-corrected chi connectivity index (χ1v) is 14.0. The van der Waals surface area contributed by atoms with Crippen LogP contribution in [0.3, 0.4) is 0 Å². The number of aliphatic hydroxyl groups is 1. The van der Waals surface area contributed by atoms with E-state index < -0.39 is 8.32 Å². The fraction of sp³-hybridized carbons (Fsp3) is 0.455. The van der Waals surface area contributed by atoms with E-state index in [2.05, 4.69) is 25.2 Å². The summed E-state index contributed by atoms with van der Waals surface area (Å²) in [6.07, 6.45) is 1.91. The summed E-state index contributed by atoms with van der Waals surface area (Å²) in [6, 6.07) is 14.2. The van der Waals surface area contributed by atoms with Gasteiger partial charge in [-0.3, -0.25) is 0 Å². The van der Waals surface area contributed by atoms with Crippen LogP contribution in [0.2, 0.25) is 25.2 Å². The van der Waals surface area contributed by atoms with Gasteiger partial charge in [0.25, 0.3) is 0 Å². The van der Waals surface area contributed by atoms with Gasteiger partial charge in [0, 0.05) is 5.56 Å². The molecule has 0 heterocycles. The zero-order chi connectivity index (χ0) is 21.3. The van der Waals surface area contributed by atoms with Gasteiger partial charge in [-0.25, -0.2) is 0 Å². The Kier molecular flexibility index (Phi) is 9.22. The molecule has 0 spiro atoms. The fourth-order valence-electron chi connectivity index (χ4n) is 3.09. The lowest BCUT2D eigenvalue weighted by Crippen LogP contribution is -2.32. The summed E-state index contributed by atoms with van der Waals surface area (Å²) in [5.74, 6) is 2.26. The van der Waals surface area contributed by atoms with Crippen LogP contribution >= 0.6 is 0 Å². The molecule has 0 aliphatic heterocycles. The molecule has 0 amide bonds. The average Bonchev–Trinajstić information content (AvgIpc) is 2.74. The minimum Gasteiger partial charge on any atom is -0.496 e. The van der Waals surface area contributed by atoms with Crippen molar-refractivity contribution in [1.82, 2.24) is 0 Å². The van der Waals surface area contributed by atoms with Gasteiger partial charge in [0.15, 0.2) is 19.8 Å². The molecule has 5 nitrogen and oxygen atoms in total. The first kappa shape index (κ1) is 23.5. The van der Waals surface area contributed by atoms with Gasteiger partial charge in [-0.15, -0.1) is 0 Å². The molecule has 0 atom stereocenters. The number of hydrogen-bond donors (Lipinski definition) is 1. The van der Waals surface area contributed by atoms with Gasteiger partial charge < -0.3 is 23.4 Å². The summed E-state index contributed by atoms with van der Waals surface area (Å²) in [5.41, 5.74) is 3.28. The highest BCUT2D eigenvalue weighted by atomic mass is 28.4. The zero-order valence-electron chi connectivity index (χ0n) is 18.1. The van der Waals surface area contributed by atoms with Crippen LogP contribution in [0, 0.1) is 0 Å². The quantitative estimate of drug-likeness (QED) is 0.401. The number of hydrogen-bond acceptors (Lipinski definition) is 5. The molecule has 0 saturated carbocycles. The molecule has 2 aromatic rings. The number of aliphatic hydroxyl groups excluding tert-OH is 1. The van der Waals surface area contributed by atoms with E-state index in [9.17, 15) is 5.11 Å². The molecule has 0 unspecified atom stereocenters. The maximum absolute atomic E-state index is 9.49. The molecular formula is C22H32O5Si2. The topological polar surface area (TPSA) is 57.2 Å². The highest BCUT2D eigenvalue weighted by molar-refractivity contribution is 6.75. The molecule has 0 saturated heterocycles. The molecule has 2 aromatic carbocycles. The molecule has 0 aliphatic rings. The van der Waals surface area contributed by atoms with E-state index in [1.54, 1.807) is 21.3 Å². The van der Waals surface area contributed by atoms with Gasteiger partial charge >= 0.3 is 0 Å². The summed E-state index contributed by atoms with van der Waals surface area (Å²) in [5, 5.41) is 9.49. The van der Waals surface area contributed by atoms with Crippen LogP contribution in [0.15, 0.2) is 36.4 Å². The van der Waals surface area contributed by atoms with Crippen LogP contribution in [0.5, 0.6) is 17.2 Å². The molecule has 1 N–H and O–H groups in total. The van der Waals surface area contributed by atoms with Crippen molar-refractivity contribution in [3.05, 3.63) is 53.1 Å². The Morgan fingerprint density at radius 1 is 0.828 bits per heavy atom. The van der Waals surface area contributed by atoms with Gasteiger partial charge in [-0.2, -0.15) is 0 Å². The van der Waals surface area contributed by atoms with Crippen molar-refractivity contribution >= 4 is 18.1 Å². The van der Waals surface area contributed by atoms with Crippen molar-refractivity contribution in [2.24, 2.45) is 0 Å². The maximum Gasteiger partial charge on any atom is 0.215 e. The molecule has 158 valence electrons. The monoisotopic (exact) mass is 432 g/mol. The first-order valence-electron chi connectivity index (χ1n) is 9.81. The number of benzene rings is 2. The van der Waals surface area contributed by atoms with Gasteiger partial charge in [-0.05, 0) is 73.4 Å². The van der Waals surface area contributed by atoms with Gasteiger partial charge in [0.05, 0.1) is 27.9 Å². The molecule has 2 radical (unpaired) electrons. The Morgan fingerprint density at radius 2 is 1.45 bits per heavy atom. The smallest absolute Gasteiger partial charge is 0.215 e. The standard InChI is InChI=1S/C22H32O5Si2/c1-24-20-8-6-18(14-19(20)16-23)11-13-29(4,5)27-28-12-10-17-7-9-21(25-2)22(15-17)26-3/h6-9,14-15,23H,10-13,16H2,1-5H3. The molecule has 0 fully saturated rings. The summed E-state index contributed by atoms with van der Waals surface area (Å²) in [4.78, 5) is 0. The van der Waals surface area contributed by atoms with E-state index >= 15 is 0 Å². The normalized spacial score (nSPS) is 11.4. The lowest BCUT2D eigenvalue weighted by molar-refractivity contribution is 0.273. The van der Waals surface area contributed by atoms with E-state index in [0.717, 1.165) is 47.7 Å². The first-order chi connectivity index (χ1) is 13.9. The fourth-order valence-corrected chi connectivity index (χ4v) is 6.75. The van der Waals surface area contributed by atoms with Gasteiger partial charge in [0.1, 0.15) is 5.75 Å². The van der Waals surface area contributed by atoms with E-state index in [1.165, 1.54) is 11.1 Å². The Hall–Kier alpha value is -1.81. The molecule has 2 rings (SSSR count). The van der Waals surface area contributed by atoms with Crippen molar-refractivity contribution in [2.75, 3.05) is 21.3 Å². The van der Waals surface area contributed by atoms with E-state index in [0.29, 0.717) is 9.76 Å². The van der Waals surface area contributed by atoms with Crippen molar-refractivity contribution in [3.8, 4) is 17.2 Å². The number of ether oxygens (including phenoxy) is 3. The average molecular weight is 433 g/mol. The summed E-state index contributed by atoms with van der Waals surface area (Å²) in [7, 11) is 3.70. The Labute approximate surface area is 178 Å². The second-order valence-corrected chi connectivity index (χ2v) is 13.1. The number of methoxy groups -OCH3 is 3. The Morgan fingerprint density at radius 3 is 2.07 bits per heavy atom. The third-order valence-corrected chi connectivity index (χ3v) is 9.54. The molecule has 0 aliphatic carbocycles. The second kappa shape index (κ2) is 11.4. The highest BCUT2D eigenvalue weighted by Crippen LogP contribution is 2.28. The van der Waals surface area contributed by atoms with Crippen molar-refractivity contribution in [1.29, 1.82) is 0 Å². The van der Waals surface area contributed by atoms with E-state index in [-0.39, 0.29) is 6.61 Å².